The Balaban J connectivity index is 1.95. The summed E-state index contributed by atoms with van der Waals surface area (Å²) in [5.41, 5.74) is 1.45. The molecule has 2 heteroatoms. The van der Waals surface area contributed by atoms with Crippen LogP contribution in [0.5, 0.6) is 0 Å². The lowest BCUT2D eigenvalue weighted by molar-refractivity contribution is 0.0858. The van der Waals surface area contributed by atoms with E-state index in [2.05, 4.69) is 13.8 Å². The van der Waals surface area contributed by atoms with E-state index < -0.39 is 0 Å². The van der Waals surface area contributed by atoms with Gasteiger partial charge in [-0.05, 0) is 25.7 Å². The number of epoxide rings is 1. The molecule has 3 rings (SSSR count). The van der Waals surface area contributed by atoms with Crippen molar-refractivity contribution < 1.29 is 9.47 Å². The summed E-state index contributed by atoms with van der Waals surface area (Å²) in [4.78, 5) is 0. The van der Waals surface area contributed by atoms with Gasteiger partial charge in [0.25, 0.3) is 0 Å². The molecular weight excluding hydrogens is 152 g/mol. The minimum absolute atomic E-state index is 0.00449. The summed E-state index contributed by atoms with van der Waals surface area (Å²) in [5, 5.41) is 0. The molecule has 0 saturated carbocycles. The van der Waals surface area contributed by atoms with Crippen LogP contribution in [0.4, 0.5) is 0 Å². The van der Waals surface area contributed by atoms with Crippen molar-refractivity contribution >= 4 is 0 Å². The Morgan fingerprint density at radius 2 is 2.33 bits per heavy atom. The molecule has 66 valence electrons. The minimum atomic E-state index is -0.00449. The summed E-state index contributed by atoms with van der Waals surface area (Å²) in [7, 11) is 0. The fourth-order valence-electron chi connectivity index (χ4n) is 2.38. The molecule has 0 aromatic rings. The largest absolute Gasteiger partial charge is 0.466 e. The summed E-state index contributed by atoms with van der Waals surface area (Å²) >= 11 is 0. The third-order valence-corrected chi connectivity index (χ3v) is 3.35. The summed E-state index contributed by atoms with van der Waals surface area (Å²) in [6.45, 7) is 4.44. The normalized spacial score (nSPS) is 49.8. The van der Waals surface area contributed by atoms with E-state index in [4.69, 9.17) is 9.47 Å². The molecule has 12 heavy (non-hydrogen) atoms. The Labute approximate surface area is 72.5 Å². The summed E-state index contributed by atoms with van der Waals surface area (Å²) in [5.74, 6) is 2.04. The van der Waals surface area contributed by atoms with E-state index in [0.29, 0.717) is 0 Å². The van der Waals surface area contributed by atoms with Gasteiger partial charge in [0.15, 0.2) is 5.60 Å². The lowest BCUT2D eigenvalue weighted by atomic mass is 9.85. The van der Waals surface area contributed by atoms with Crippen molar-refractivity contribution in [2.45, 2.75) is 45.0 Å². The van der Waals surface area contributed by atoms with Crippen LogP contribution in [0.2, 0.25) is 0 Å². The number of fused-ring (bicyclic) bond motifs is 2. The quantitative estimate of drug-likeness (QED) is 0.514. The van der Waals surface area contributed by atoms with Crippen molar-refractivity contribution in [1.82, 2.24) is 0 Å². The SMILES string of the molecule is C[C@@H]1CCC2=C(C1)O[C@@H]1O[C@@]21C. The molecule has 0 N–H and O–H groups in total. The molecule has 2 nitrogen and oxygen atoms in total. The zero-order chi connectivity index (χ0) is 8.34. The highest BCUT2D eigenvalue weighted by Gasteiger charge is 2.63. The lowest BCUT2D eigenvalue weighted by Crippen LogP contribution is -2.14. The monoisotopic (exact) mass is 166 g/mol. The van der Waals surface area contributed by atoms with Gasteiger partial charge in [0, 0.05) is 12.0 Å². The molecule has 3 atom stereocenters. The van der Waals surface area contributed by atoms with Gasteiger partial charge in [-0.3, -0.25) is 0 Å². The number of hydrogen-bond acceptors (Lipinski definition) is 2. The van der Waals surface area contributed by atoms with Crippen molar-refractivity contribution in [1.29, 1.82) is 0 Å². The average molecular weight is 166 g/mol. The van der Waals surface area contributed by atoms with E-state index in [-0.39, 0.29) is 11.9 Å². The van der Waals surface area contributed by atoms with Gasteiger partial charge in [0.1, 0.15) is 5.76 Å². The van der Waals surface area contributed by atoms with E-state index in [1.54, 1.807) is 0 Å². The van der Waals surface area contributed by atoms with Gasteiger partial charge in [-0.25, -0.2) is 0 Å². The van der Waals surface area contributed by atoms with Gasteiger partial charge in [0.2, 0.25) is 6.29 Å². The zero-order valence-electron chi connectivity index (χ0n) is 7.59. The molecule has 0 aromatic carbocycles. The number of rotatable bonds is 0. The third kappa shape index (κ3) is 0.692. The first-order valence-electron chi connectivity index (χ1n) is 4.77. The second-order valence-corrected chi connectivity index (χ2v) is 4.42. The Morgan fingerprint density at radius 3 is 3.17 bits per heavy atom. The minimum Gasteiger partial charge on any atom is -0.466 e. The Kier molecular flexibility index (Phi) is 1.09. The average Bonchev–Trinajstić information content (AvgIpc) is 2.55. The van der Waals surface area contributed by atoms with Crippen molar-refractivity contribution in [3.8, 4) is 0 Å². The molecule has 1 fully saturated rings. The highest BCUT2D eigenvalue weighted by molar-refractivity contribution is 5.34. The van der Waals surface area contributed by atoms with Gasteiger partial charge in [-0.15, -0.1) is 0 Å². The Morgan fingerprint density at radius 1 is 1.50 bits per heavy atom. The van der Waals surface area contributed by atoms with Crippen LogP contribution in [0.3, 0.4) is 0 Å². The predicted octanol–water partition coefficient (Wildman–Crippen LogP) is 2.21. The van der Waals surface area contributed by atoms with Crippen molar-refractivity contribution in [3.05, 3.63) is 11.3 Å². The van der Waals surface area contributed by atoms with Crippen LogP contribution in [0.25, 0.3) is 0 Å². The van der Waals surface area contributed by atoms with Crippen LogP contribution in [0.1, 0.15) is 33.1 Å². The van der Waals surface area contributed by atoms with Crippen LogP contribution in [0.15, 0.2) is 11.3 Å². The molecule has 1 saturated heterocycles. The van der Waals surface area contributed by atoms with E-state index in [1.807, 2.05) is 0 Å². The molecule has 0 amide bonds. The van der Waals surface area contributed by atoms with Gasteiger partial charge >= 0.3 is 0 Å². The first-order valence-corrected chi connectivity index (χ1v) is 4.77. The standard InChI is InChI=1S/C10H14O2/c1-6-3-4-7-8(5-6)11-9-10(7,2)12-9/h6,9H,3-5H2,1-2H3/t6-,9-,10+/m1/s1. The lowest BCUT2D eigenvalue weighted by Gasteiger charge is -2.21. The Bertz CT molecular complexity index is 269. The maximum absolute atomic E-state index is 5.67. The molecule has 0 aromatic heterocycles. The second kappa shape index (κ2) is 1.87. The molecule has 1 aliphatic carbocycles. The van der Waals surface area contributed by atoms with Gasteiger partial charge in [0.05, 0.1) is 0 Å². The molecular formula is C10H14O2. The van der Waals surface area contributed by atoms with Gasteiger partial charge < -0.3 is 9.47 Å². The third-order valence-electron chi connectivity index (χ3n) is 3.35. The molecule has 0 radical (unpaired) electrons. The Hall–Kier alpha value is -0.500. The predicted molar refractivity (Wildman–Crippen MR) is 44.4 cm³/mol. The van der Waals surface area contributed by atoms with Gasteiger partial charge in [-0.2, -0.15) is 0 Å². The number of hydrogen-bond donors (Lipinski definition) is 0. The molecule has 3 aliphatic rings. The van der Waals surface area contributed by atoms with Crippen molar-refractivity contribution in [2.24, 2.45) is 5.92 Å². The van der Waals surface area contributed by atoms with Crippen LogP contribution in [0, 0.1) is 5.92 Å². The first-order chi connectivity index (χ1) is 5.70. The first kappa shape index (κ1) is 6.96. The molecule has 0 spiro atoms. The second-order valence-electron chi connectivity index (χ2n) is 4.42. The van der Waals surface area contributed by atoms with Crippen LogP contribution in [-0.2, 0) is 9.47 Å². The summed E-state index contributed by atoms with van der Waals surface area (Å²) in [6.07, 6.45) is 3.69. The molecule has 2 aliphatic heterocycles. The maximum atomic E-state index is 5.67. The fourth-order valence-corrected chi connectivity index (χ4v) is 2.38. The van der Waals surface area contributed by atoms with E-state index >= 15 is 0 Å². The zero-order valence-corrected chi connectivity index (χ0v) is 7.59. The van der Waals surface area contributed by atoms with Crippen molar-refractivity contribution in [3.63, 3.8) is 0 Å². The smallest absolute Gasteiger partial charge is 0.233 e. The molecule has 0 bridgehead atoms. The topological polar surface area (TPSA) is 21.8 Å². The van der Waals surface area contributed by atoms with E-state index in [0.717, 1.165) is 12.3 Å². The van der Waals surface area contributed by atoms with Crippen molar-refractivity contribution in [2.75, 3.05) is 0 Å². The summed E-state index contributed by atoms with van der Waals surface area (Å²) in [6, 6.07) is 0. The van der Waals surface area contributed by atoms with Gasteiger partial charge in [-0.1, -0.05) is 6.92 Å². The maximum Gasteiger partial charge on any atom is 0.233 e. The highest BCUT2D eigenvalue weighted by atomic mass is 16.8. The van der Waals surface area contributed by atoms with E-state index in [1.165, 1.54) is 24.2 Å². The number of ether oxygens (including phenoxy) is 2. The number of allylic oxidation sites excluding steroid dienone is 1. The highest BCUT2D eigenvalue weighted by Crippen LogP contribution is 2.55. The van der Waals surface area contributed by atoms with E-state index in [9.17, 15) is 0 Å². The molecule has 0 unspecified atom stereocenters. The van der Waals surface area contributed by atoms with Crippen LogP contribution < -0.4 is 0 Å². The molecule has 2 heterocycles. The van der Waals surface area contributed by atoms with Crippen LogP contribution in [-0.4, -0.2) is 11.9 Å². The fraction of sp³-hybridized carbons (Fsp3) is 0.800. The summed E-state index contributed by atoms with van der Waals surface area (Å²) < 4.78 is 11.1. The van der Waals surface area contributed by atoms with Crippen LogP contribution >= 0.6 is 0 Å².